The van der Waals surface area contributed by atoms with Crippen LogP contribution in [0, 0.1) is 0 Å². The van der Waals surface area contributed by atoms with Crippen LogP contribution in [-0.2, 0) is 4.79 Å². The fourth-order valence-electron chi connectivity index (χ4n) is 2.34. The average Bonchev–Trinajstić information content (AvgIpc) is 2.82. The van der Waals surface area contributed by atoms with Crippen molar-refractivity contribution in [1.29, 1.82) is 0 Å². The maximum Gasteiger partial charge on any atom is 0.256 e. The van der Waals surface area contributed by atoms with E-state index in [1.54, 1.807) is 24.3 Å². The lowest BCUT2D eigenvalue weighted by molar-refractivity contribution is -0.110. The fourth-order valence-corrected chi connectivity index (χ4v) is 2.51. The molecule has 1 amide bonds. The zero-order valence-corrected chi connectivity index (χ0v) is 12.6. The van der Waals surface area contributed by atoms with Gasteiger partial charge in [-0.25, -0.2) is 0 Å². The Kier molecular flexibility index (Phi) is 3.98. The number of amides is 1. The summed E-state index contributed by atoms with van der Waals surface area (Å²) >= 11 is 6.04. The summed E-state index contributed by atoms with van der Waals surface area (Å²) in [6.45, 7) is 4.05. The molecule has 2 aromatic rings. The number of benzene rings is 2. The normalized spacial score (nSPS) is 14.6. The molecule has 1 heterocycles. The van der Waals surface area contributed by atoms with E-state index in [2.05, 4.69) is 11.9 Å². The second-order valence-electron chi connectivity index (χ2n) is 4.84. The molecule has 110 valence electrons. The van der Waals surface area contributed by atoms with Crippen molar-refractivity contribution >= 4 is 34.8 Å². The third kappa shape index (κ3) is 2.76. The number of ether oxygens (including phenoxy) is 1. The average molecular weight is 312 g/mol. The third-order valence-corrected chi connectivity index (χ3v) is 3.58. The molecule has 0 atom stereocenters. The van der Waals surface area contributed by atoms with Gasteiger partial charge in [0.2, 0.25) is 0 Å². The van der Waals surface area contributed by atoms with E-state index in [-0.39, 0.29) is 5.91 Å². The summed E-state index contributed by atoms with van der Waals surface area (Å²) in [5, 5.41) is 3.43. The van der Waals surface area contributed by atoms with Crippen LogP contribution in [0.3, 0.4) is 0 Å². The van der Waals surface area contributed by atoms with Crippen molar-refractivity contribution in [3.8, 4) is 5.75 Å². The maximum atomic E-state index is 12.2. The lowest BCUT2D eigenvalue weighted by Gasteiger charge is -2.07. The SMILES string of the molecule is C=CCOc1ccccc1/C=C1\C(=O)Nc2ccc(Cl)cc21. The van der Waals surface area contributed by atoms with Crippen molar-refractivity contribution in [3.63, 3.8) is 0 Å². The molecule has 0 radical (unpaired) electrons. The molecule has 1 aliphatic heterocycles. The molecule has 3 rings (SSSR count). The summed E-state index contributed by atoms with van der Waals surface area (Å²) in [4.78, 5) is 12.2. The summed E-state index contributed by atoms with van der Waals surface area (Å²) in [5.41, 5.74) is 2.98. The van der Waals surface area contributed by atoms with E-state index in [0.29, 0.717) is 23.0 Å². The minimum atomic E-state index is -0.143. The monoisotopic (exact) mass is 311 g/mol. The van der Waals surface area contributed by atoms with E-state index < -0.39 is 0 Å². The molecule has 1 aliphatic rings. The minimum absolute atomic E-state index is 0.143. The number of para-hydroxylation sites is 1. The summed E-state index contributed by atoms with van der Waals surface area (Å²) in [6, 6.07) is 12.9. The van der Waals surface area contributed by atoms with Crippen LogP contribution in [-0.4, -0.2) is 12.5 Å². The molecule has 2 aromatic carbocycles. The van der Waals surface area contributed by atoms with Gasteiger partial charge >= 0.3 is 0 Å². The Morgan fingerprint density at radius 1 is 1.23 bits per heavy atom. The zero-order valence-electron chi connectivity index (χ0n) is 11.8. The molecule has 0 fully saturated rings. The van der Waals surface area contributed by atoms with Gasteiger partial charge in [0.1, 0.15) is 12.4 Å². The van der Waals surface area contributed by atoms with Crippen LogP contribution in [0.2, 0.25) is 5.02 Å². The lowest BCUT2D eigenvalue weighted by atomic mass is 10.0. The number of halogens is 1. The number of nitrogens with one attached hydrogen (secondary N) is 1. The van der Waals surface area contributed by atoms with Crippen LogP contribution < -0.4 is 10.1 Å². The molecular weight excluding hydrogens is 298 g/mol. The Balaban J connectivity index is 2.05. The van der Waals surface area contributed by atoms with E-state index >= 15 is 0 Å². The molecule has 22 heavy (non-hydrogen) atoms. The summed E-state index contributed by atoms with van der Waals surface area (Å²) in [6.07, 6.45) is 3.50. The molecule has 0 bridgehead atoms. The summed E-state index contributed by atoms with van der Waals surface area (Å²) < 4.78 is 5.62. The van der Waals surface area contributed by atoms with Gasteiger partial charge in [-0.1, -0.05) is 42.5 Å². The van der Waals surface area contributed by atoms with Gasteiger partial charge in [0.25, 0.3) is 5.91 Å². The van der Waals surface area contributed by atoms with E-state index in [1.807, 2.05) is 30.3 Å². The lowest BCUT2D eigenvalue weighted by Crippen LogP contribution is -2.03. The van der Waals surface area contributed by atoms with Gasteiger partial charge in [-0.2, -0.15) is 0 Å². The first kappa shape index (κ1) is 14.4. The van der Waals surface area contributed by atoms with Crippen LogP contribution in [0.1, 0.15) is 11.1 Å². The molecule has 0 unspecified atom stereocenters. The third-order valence-electron chi connectivity index (χ3n) is 3.34. The topological polar surface area (TPSA) is 38.3 Å². The van der Waals surface area contributed by atoms with Crippen molar-refractivity contribution in [1.82, 2.24) is 0 Å². The predicted molar refractivity (Wildman–Crippen MR) is 90.1 cm³/mol. The van der Waals surface area contributed by atoms with Crippen molar-refractivity contribution in [3.05, 3.63) is 71.3 Å². The Labute approximate surface area is 133 Å². The molecular formula is C18H14ClNO2. The highest BCUT2D eigenvalue weighted by Gasteiger charge is 2.24. The number of fused-ring (bicyclic) bond motifs is 1. The molecule has 4 heteroatoms. The Morgan fingerprint density at radius 3 is 2.86 bits per heavy atom. The quantitative estimate of drug-likeness (QED) is 0.671. The number of carbonyl (C=O) groups is 1. The van der Waals surface area contributed by atoms with Crippen molar-refractivity contribution in [2.24, 2.45) is 0 Å². The van der Waals surface area contributed by atoms with Crippen molar-refractivity contribution in [2.75, 3.05) is 11.9 Å². The summed E-state index contributed by atoms with van der Waals surface area (Å²) in [5.74, 6) is 0.564. The number of hydrogen-bond acceptors (Lipinski definition) is 2. The maximum absolute atomic E-state index is 12.2. The van der Waals surface area contributed by atoms with Crippen molar-refractivity contribution < 1.29 is 9.53 Å². The van der Waals surface area contributed by atoms with Crippen LogP contribution >= 0.6 is 11.6 Å². The van der Waals surface area contributed by atoms with Gasteiger partial charge in [-0.05, 0) is 30.3 Å². The smallest absolute Gasteiger partial charge is 0.256 e. The van der Waals surface area contributed by atoms with Crippen LogP contribution in [0.15, 0.2) is 55.1 Å². The van der Waals surface area contributed by atoms with Gasteiger partial charge in [-0.3, -0.25) is 4.79 Å². The Hall–Kier alpha value is -2.52. The van der Waals surface area contributed by atoms with Gasteiger partial charge in [0.05, 0.1) is 0 Å². The highest BCUT2D eigenvalue weighted by molar-refractivity contribution is 6.36. The van der Waals surface area contributed by atoms with Crippen LogP contribution in [0.4, 0.5) is 5.69 Å². The number of rotatable bonds is 4. The first-order chi connectivity index (χ1) is 10.7. The van der Waals surface area contributed by atoms with E-state index in [1.165, 1.54) is 0 Å². The first-order valence-electron chi connectivity index (χ1n) is 6.85. The van der Waals surface area contributed by atoms with Gasteiger partial charge in [0.15, 0.2) is 0 Å². The molecule has 0 aliphatic carbocycles. The number of carbonyl (C=O) groups excluding carboxylic acids is 1. The van der Waals surface area contributed by atoms with E-state index in [0.717, 1.165) is 16.8 Å². The molecule has 1 N–H and O–H groups in total. The zero-order chi connectivity index (χ0) is 15.5. The van der Waals surface area contributed by atoms with Gasteiger partial charge < -0.3 is 10.1 Å². The predicted octanol–water partition coefficient (Wildman–Crippen LogP) is 4.40. The van der Waals surface area contributed by atoms with Gasteiger partial charge in [-0.15, -0.1) is 0 Å². The molecule has 0 saturated heterocycles. The summed E-state index contributed by atoms with van der Waals surface area (Å²) in [7, 11) is 0. The van der Waals surface area contributed by atoms with Crippen LogP contribution in [0.25, 0.3) is 11.6 Å². The minimum Gasteiger partial charge on any atom is -0.489 e. The molecule has 3 nitrogen and oxygen atoms in total. The largest absolute Gasteiger partial charge is 0.489 e. The van der Waals surface area contributed by atoms with E-state index in [9.17, 15) is 4.79 Å². The van der Waals surface area contributed by atoms with Crippen LogP contribution in [0.5, 0.6) is 5.75 Å². The standard InChI is InChI=1S/C18H14ClNO2/c1-2-9-22-17-6-4-3-5-12(17)10-15-14-11-13(19)7-8-16(14)20-18(15)21/h2-8,10-11H,1,9H2,(H,20,21)/b15-10-. The second kappa shape index (κ2) is 6.08. The van der Waals surface area contributed by atoms with Gasteiger partial charge in [0, 0.05) is 27.4 Å². The number of hydrogen-bond donors (Lipinski definition) is 1. The number of anilines is 1. The highest BCUT2D eigenvalue weighted by atomic mass is 35.5. The second-order valence-corrected chi connectivity index (χ2v) is 5.28. The fraction of sp³-hybridized carbons (Fsp3) is 0.0556. The van der Waals surface area contributed by atoms with Crippen molar-refractivity contribution in [2.45, 2.75) is 0 Å². The highest BCUT2D eigenvalue weighted by Crippen LogP contribution is 2.36. The molecule has 0 saturated carbocycles. The van der Waals surface area contributed by atoms with E-state index in [4.69, 9.17) is 16.3 Å². The Bertz CT molecular complexity index is 780. The molecule has 0 aromatic heterocycles. The first-order valence-corrected chi connectivity index (χ1v) is 7.22. The molecule has 0 spiro atoms. The Morgan fingerprint density at radius 2 is 2.05 bits per heavy atom.